The second kappa shape index (κ2) is 33.6. The fraction of sp³-hybridized carbons (Fsp3) is 0.974. The molecule has 8 nitrogen and oxygen atoms in total. The van der Waals surface area contributed by atoms with Crippen molar-refractivity contribution in [2.45, 2.75) is 199 Å². The molecule has 0 aliphatic heterocycles. The van der Waals surface area contributed by atoms with Gasteiger partial charge in [-0.3, -0.25) is 13.8 Å². The zero-order chi connectivity index (χ0) is 35.6. The van der Waals surface area contributed by atoms with Crippen LogP contribution in [0.5, 0.6) is 0 Å². The first-order valence-corrected chi connectivity index (χ1v) is 21.8. The number of likely N-dealkylation sites (N-methyl/N-ethyl adjacent to an activating group) is 1. The van der Waals surface area contributed by atoms with Gasteiger partial charge in [-0.25, -0.2) is 4.57 Å². The van der Waals surface area contributed by atoms with Gasteiger partial charge in [0.15, 0.2) is 0 Å². The standard InChI is InChI=1S/C39H80NO7P/c1-5-6-7-8-9-10-11-12-13-14-15-16-17-18-19-20-21-22-23-24-25-26-27-28-29-30-31-32-33-39(42)45-36-38(41)37-47-48(43,44)46-35-34-40(2,3)4/h38,41H,5-37H2,1-4H3/p+1. The van der Waals surface area contributed by atoms with E-state index in [1.54, 1.807) is 0 Å². The molecule has 0 fully saturated rings. The Labute approximate surface area is 297 Å². The van der Waals surface area contributed by atoms with Crippen molar-refractivity contribution in [3.8, 4) is 0 Å². The van der Waals surface area contributed by atoms with Crippen molar-refractivity contribution < 1.29 is 37.6 Å². The van der Waals surface area contributed by atoms with Crippen LogP contribution in [-0.4, -0.2) is 74.1 Å². The van der Waals surface area contributed by atoms with Crippen LogP contribution < -0.4 is 0 Å². The number of carbonyl (C=O) groups is 1. The number of ether oxygens (including phenoxy) is 1. The molecule has 0 rings (SSSR count). The third-order valence-corrected chi connectivity index (χ3v) is 10.1. The number of hydrogen-bond donors (Lipinski definition) is 2. The lowest BCUT2D eigenvalue weighted by atomic mass is 10.0. The van der Waals surface area contributed by atoms with Crippen LogP contribution in [-0.2, 0) is 23.1 Å². The number of nitrogens with zero attached hydrogens (tertiary/aromatic N) is 1. The number of unbranched alkanes of at least 4 members (excludes halogenated alkanes) is 27. The van der Waals surface area contributed by atoms with Gasteiger partial charge in [0, 0.05) is 6.42 Å². The first-order chi connectivity index (χ1) is 23.1. The molecule has 0 aliphatic carbocycles. The average molecular weight is 707 g/mol. The predicted molar refractivity (Wildman–Crippen MR) is 201 cm³/mol. The van der Waals surface area contributed by atoms with Crippen molar-refractivity contribution in [2.75, 3.05) is 47.5 Å². The summed E-state index contributed by atoms with van der Waals surface area (Å²) in [5, 5.41) is 9.90. The molecule has 2 unspecified atom stereocenters. The molecule has 0 aliphatic rings. The predicted octanol–water partition coefficient (Wildman–Crippen LogP) is 11.1. The van der Waals surface area contributed by atoms with E-state index in [1.165, 1.54) is 161 Å². The van der Waals surface area contributed by atoms with Gasteiger partial charge in [-0.1, -0.05) is 180 Å². The Morgan fingerprint density at radius 3 is 1.23 bits per heavy atom. The van der Waals surface area contributed by atoms with Crippen LogP contribution in [0, 0.1) is 0 Å². The minimum atomic E-state index is -4.25. The molecule has 0 saturated heterocycles. The number of phosphoric ester groups is 1. The molecule has 288 valence electrons. The lowest BCUT2D eigenvalue weighted by molar-refractivity contribution is -0.870. The van der Waals surface area contributed by atoms with Gasteiger partial charge in [-0.15, -0.1) is 0 Å². The first kappa shape index (κ1) is 47.5. The molecule has 0 heterocycles. The number of esters is 1. The Bertz CT molecular complexity index is 746. The molecule has 0 aromatic rings. The van der Waals surface area contributed by atoms with E-state index in [4.69, 9.17) is 13.8 Å². The third kappa shape index (κ3) is 38.3. The van der Waals surface area contributed by atoms with E-state index in [2.05, 4.69) is 6.92 Å². The van der Waals surface area contributed by atoms with Gasteiger partial charge in [-0.05, 0) is 6.42 Å². The highest BCUT2D eigenvalue weighted by molar-refractivity contribution is 7.47. The maximum atomic E-state index is 11.9. The summed E-state index contributed by atoms with van der Waals surface area (Å²) in [4.78, 5) is 21.6. The minimum absolute atomic E-state index is 0.0576. The van der Waals surface area contributed by atoms with E-state index in [9.17, 15) is 19.4 Å². The maximum absolute atomic E-state index is 11.9. The quantitative estimate of drug-likeness (QED) is 0.0285. The fourth-order valence-corrected chi connectivity index (χ4v) is 6.64. The SMILES string of the molecule is CCCCCCCCCCCCCCCCCCCCCCCCCCCCCCC(=O)OCC(O)COP(=O)(O)OCC[N+](C)(C)C. The summed E-state index contributed by atoms with van der Waals surface area (Å²) in [6, 6.07) is 0. The molecular formula is C39H81NO7P+. The first-order valence-electron chi connectivity index (χ1n) is 20.3. The topological polar surface area (TPSA) is 102 Å². The largest absolute Gasteiger partial charge is 0.472 e. The van der Waals surface area contributed by atoms with Crippen LogP contribution >= 0.6 is 7.82 Å². The van der Waals surface area contributed by atoms with Crippen LogP contribution in [0.25, 0.3) is 0 Å². The summed E-state index contributed by atoms with van der Waals surface area (Å²) < 4.78 is 27.2. The summed E-state index contributed by atoms with van der Waals surface area (Å²) in [5.74, 6) is -0.366. The Kier molecular flexibility index (Phi) is 33.3. The van der Waals surface area contributed by atoms with Gasteiger partial charge < -0.3 is 19.2 Å². The summed E-state index contributed by atoms with van der Waals surface area (Å²) in [5.41, 5.74) is 0. The molecule has 0 spiro atoms. The molecule has 2 atom stereocenters. The number of hydrogen-bond acceptors (Lipinski definition) is 6. The van der Waals surface area contributed by atoms with E-state index in [0.29, 0.717) is 17.4 Å². The summed E-state index contributed by atoms with van der Waals surface area (Å²) in [6.07, 6.45) is 37.2. The zero-order valence-corrected chi connectivity index (χ0v) is 33.1. The van der Waals surface area contributed by atoms with Crippen molar-refractivity contribution >= 4 is 13.8 Å². The highest BCUT2D eigenvalue weighted by Gasteiger charge is 2.24. The monoisotopic (exact) mass is 707 g/mol. The molecule has 0 radical (unpaired) electrons. The highest BCUT2D eigenvalue weighted by atomic mass is 31.2. The number of phosphoric acid groups is 1. The van der Waals surface area contributed by atoms with E-state index in [0.717, 1.165) is 19.3 Å². The van der Waals surface area contributed by atoms with E-state index < -0.39 is 20.5 Å². The molecule has 9 heteroatoms. The molecule has 0 aromatic heterocycles. The van der Waals surface area contributed by atoms with Crippen molar-refractivity contribution in [3.63, 3.8) is 0 Å². The lowest BCUT2D eigenvalue weighted by Crippen LogP contribution is -2.37. The third-order valence-electron chi connectivity index (χ3n) is 9.12. The van der Waals surface area contributed by atoms with E-state index >= 15 is 0 Å². The zero-order valence-electron chi connectivity index (χ0n) is 32.2. The molecule has 0 aromatic carbocycles. The van der Waals surface area contributed by atoms with Gasteiger partial charge in [0.2, 0.25) is 0 Å². The minimum Gasteiger partial charge on any atom is -0.463 e. The van der Waals surface area contributed by atoms with Crippen LogP contribution in [0.2, 0.25) is 0 Å². The van der Waals surface area contributed by atoms with Crippen LogP contribution in [0.15, 0.2) is 0 Å². The van der Waals surface area contributed by atoms with Crippen LogP contribution in [0.4, 0.5) is 0 Å². The second-order valence-corrected chi connectivity index (χ2v) is 16.7. The number of aliphatic hydroxyl groups excluding tert-OH is 1. The van der Waals surface area contributed by atoms with Gasteiger partial charge in [-0.2, -0.15) is 0 Å². The Morgan fingerprint density at radius 1 is 0.562 bits per heavy atom. The van der Waals surface area contributed by atoms with Crippen molar-refractivity contribution in [3.05, 3.63) is 0 Å². The number of rotatable bonds is 38. The highest BCUT2D eigenvalue weighted by Crippen LogP contribution is 2.43. The molecular weight excluding hydrogens is 625 g/mol. The van der Waals surface area contributed by atoms with E-state index in [1.807, 2.05) is 21.1 Å². The van der Waals surface area contributed by atoms with Gasteiger partial charge in [0.05, 0.1) is 27.7 Å². The molecule has 2 N–H and O–H groups in total. The Balaban J connectivity index is 3.33. The van der Waals surface area contributed by atoms with Crippen molar-refractivity contribution in [1.82, 2.24) is 0 Å². The smallest absolute Gasteiger partial charge is 0.463 e. The number of quaternary nitrogens is 1. The van der Waals surface area contributed by atoms with Crippen LogP contribution in [0.3, 0.4) is 0 Å². The lowest BCUT2D eigenvalue weighted by Gasteiger charge is -2.24. The van der Waals surface area contributed by atoms with Crippen molar-refractivity contribution in [1.29, 1.82) is 0 Å². The van der Waals surface area contributed by atoms with Crippen molar-refractivity contribution in [2.24, 2.45) is 0 Å². The Morgan fingerprint density at radius 2 is 0.896 bits per heavy atom. The van der Waals surface area contributed by atoms with Gasteiger partial charge >= 0.3 is 13.8 Å². The second-order valence-electron chi connectivity index (χ2n) is 15.2. The fourth-order valence-electron chi connectivity index (χ4n) is 5.90. The number of aliphatic hydroxyl groups is 1. The molecule has 48 heavy (non-hydrogen) atoms. The molecule has 0 saturated carbocycles. The van der Waals surface area contributed by atoms with E-state index in [-0.39, 0.29) is 19.2 Å². The summed E-state index contributed by atoms with van der Waals surface area (Å²) >= 11 is 0. The summed E-state index contributed by atoms with van der Waals surface area (Å²) in [7, 11) is 1.57. The van der Waals surface area contributed by atoms with Gasteiger partial charge in [0.1, 0.15) is 25.9 Å². The van der Waals surface area contributed by atoms with Crippen LogP contribution in [0.1, 0.15) is 193 Å². The molecule has 0 bridgehead atoms. The number of carbonyl (C=O) groups excluding carboxylic acids is 1. The summed E-state index contributed by atoms with van der Waals surface area (Å²) in [6.45, 7) is 2.18. The normalized spacial score (nSPS) is 13.9. The van der Waals surface area contributed by atoms with Gasteiger partial charge in [0.25, 0.3) is 0 Å². The molecule has 0 amide bonds. The average Bonchev–Trinajstić information content (AvgIpc) is 3.03. The Hall–Kier alpha value is -0.500. The maximum Gasteiger partial charge on any atom is 0.472 e.